The summed E-state index contributed by atoms with van der Waals surface area (Å²) < 4.78 is 33.5. The Morgan fingerprint density at radius 1 is 1.00 bits per heavy atom. The highest BCUT2D eigenvalue weighted by atomic mass is 32.2. The second-order valence-corrected chi connectivity index (χ2v) is 9.04. The van der Waals surface area contributed by atoms with Crippen LogP contribution in [0, 0.1) is 0 Å². The quantitative estimate of drug-likeness (QED) is 0.569. The van der Waals surface area contributed by atoms with Crippen molar-refractivity contribution in [2.24, 2.45) is 0 Å². The van der Waals surface area contributed by atoms with Gasteiger partial charge in [-0.05, 0) is 35.9 Å². The van der Waals surface area contributed by atoms with E-state index in [9.17, 15) is 13.2 Å². The summed E-state index contributed by atoms with van der Waals surface area (Å²) in [6.07, 6.45) is 1.63. The summed E-state index contributed by atoms with van der Waals surface area (Å²) in [5, 5.41) is 2.72. The molecular formula is C25H22N2O4S. The van der Waals surface area contributed by atoms with E-state index in [1.54, 1.807) is 54.6 Å². The number of para-hydroxylation sites is 1. The molecule has 0 aliphatic carbocycles. The van der Waals surface area contributed by atoms with Gasteiger partial charge in [0.2, 0.25) is 0 Å². The fraction of sp³-hybridized carbons (Fsp3) is 0.0800. The molecule has 3 aromatic carbocycles. The smallest absolute Gasteiger partial charge is 0.270 e. The van der Waals surface area contributed by atoms with Gasteiger partial charge in [0.25, 0.3) is 15.9 Å². The van der Waals surface area contributed by atoms with Crippen LogP contribution in [0.4, 0.5) is 11.4 Å². The lowest BCUT2D eigenvalue weighted by Gasteiger charge is -2.30. The standard InChI is InChI=1S/C25H22N2O4S/c1-3-17-31-20-15-13-19(14-16-20)26-25(28)24-23(18-9-5-4-6-10-18)21-11-7-8-12-22(21)27(2)32(24,29)30/h3-16H,1,17H2,2H3,(H,26,28). The molecule has 1 aliphatic rings. The number of hydrogen-bond acceptors (Lipinski definition) is 4. The molecule has 1 heterocycles. The van der Waals surface area contributed by atoms with Crippen LogP contribution in [-0.4, -0.2) is 28.0 Å². The van der Waals surface area contributed by atoms with Gasteiger partial charge >= 0.3 is 0 Å². The van der Waals surface area contributed by atoms with E-state index in [1.165, 1.54) is 7.05 Å². The van der Waals surface area contributed by atoms with Crippen LogP contribution in [0.1, 0.15) is 11.1 Å². The van der Waals surface area contributed by atoms with Gasteiger partial charge in [0.1, 0.15) is 12.4 Å². The van der Waals surface area contributed by atoms with Crippen LogP contribution in [0.2, 0.25) is 0 Å². The number of nitrogens with one attached hydrogen (secondary N) is 1. The number of rotatable bonds is 6. The number of carbonyl (C=O) groups is 1. The third kappa shape index (κ3) is 3.90. The summed E-state index contributed by atoms with van der Waals surface area (Å²) >= 11 is 0. The lowest BCUT2D eigenvalue weighted by atomic mass is 9.95. The summed E-state index contributed by atoms with van der Waals surface area (Å²) in [6.45, 7) is 3.97. The number of sulfonamides is 1. The zero-order valence-corrected chi connectivity index (χ0v) is 18.3. The van der Waals surface area contributed by atoms with Gasteiger partial charge in [0, 0.05) is 23.9 Å². The number of amides is 1. The first-order valence-electron chi connectivity index (χ1n) is 9.96. The van der Waals surface area contributed by atoms with Crippen LogP contribution in [0.3, 0.4) is 0 Å². The van der Waals surface area contributed by atoms with Crippen molar-refractivity contribution in [3.8, 4) is 5.75 Å². The number of ether oxygens (including phenoxy) is 1. The molecule has 0 bridgehead atoms. The average molecular weight is 447 g/mol. The summed E-state index contributed by atoms with van der Waals surface area (Å²) in [4.78, 5) is 13.1. The molecule has 0 saturated heterocycles. The van der Waals surface area contributed by atoms with E-state index in [0.29, 0.717) is 40.4 Å². The Balaban J connectivity index is 1.82. The van der Waals surface area contributed by atoms with E-state index in [0.717, 1.165) is 4.31 Å². The summed E-state index contributed by atoms with van der Waals surface area (Å²) in [6, 6.07) is 22.9. The first kappa shape index (κ1) is 21.4. The Labute approximate surface area is 187 Å². The zero-order chi connectivity index (χ0) is 22.7. The normalized spacial score (nSPS) is 14.5. The van der Waals surface area contributed by atoms with Gasteiger partial charge in [-0.1, -0.05) is 61.2 Å². The predicted molar refractivity (Wildman–Crippen MR) is 127 cm³/mol. The monoisotopic (exact) mass is 446 g/mol. The van der Waals surface area contributed by atoms with Crippen LogP contribution in [0.25, 0.3) is 5.57 Å². The van der Waals surface area contributed by atoms with E-state index in [2.05, 4.69) is 11.9 Å². The maximum absolute atomic E-state index is 13.4. The highest BCUT2D eigenvalue weighted by Gasteiger charge is 2.39. The number of carbonyl (C=O) groups excluding carboxylic acids is 1. The number of anilines is 2. The van der Waals surface area contributed by atoms with Crippen LogP contribution in [0.15, 0.2) is 96.4 Å². The molecule has 0 atom stereocenters. The van der Waals surface area contributed by atoms with E-state index < -0.39 is 15.9 Å². The molecule has 162 valence electrons. The SMILES string of the molecule is C=CCOc1ccc(NC(=O)C2=C(c3ccccc3)c3ccccc3N(C)S2(=O)=O)cc1. The van der Waals surface area contributed by atoms with Crippen LogP contribution < -0.4 is 14.4 Å². The van der Waals surface area contributed by atoms with E-state index in [4.69, 9.17) is 4.74 Å². The van der Waals surface area contributed by atoms with Crippen LogP contribution >= 0.6 is 0 Å². The molecule has 3 aromatic rings. The van der Waals surface area contributed by atoms with Crippen molar-refractivity contribution >= 4 is 32.9 Å². The fourth-order valence-corrected chi connectivity index (χ4v) is 5.04. The fourth-order valence-electron chi connectivity index (χ4n) is 3.58. The molecule has 1 N–H and O–H groups in total. The maximum Gasteiger partial charge on any atom is 0.270 e. The second kappa shape index (κ2) is 8.72. The minimum Gasteiger partial charge on any atom is -0.490 e. The molecule has 0 fully saturated rings. The van der Waals surface area contributed by atoms with Gasteiger partial charge in [-0.25, -0.2) is 8.42 Å². The van der Waals surface area contributed by atoms with Gasteiger partial charge in [-0.3, -0.25) is 9.10 Å². The molecule has 0 spiro atoms. The molecule has 7 heteroatoms. The molecule has 1 amide bonds. The van der Waals surface area contributed by atoms with Gasteiger partial charge < -0.3 is 10.1 Å². The van der Waals surface area contributed by atoms with Crippen molar-refractivity contribution < 1.29 is 17.9 Å². The van der Waals surface area contributed by atoms with Gasteiger partial charge in [-0.2, -0.15) is 0 Å². The molecule has 6 nitrogen and oxygen atoms in total. The molecule has 1 aliphatic heterocycles. The lowest BCUT2D eigenvalue weighted by Crippen LogP contribution is -2.37. The minimum absolute atomic E-state index is 0.295. The molecule has 0 aromatic heterocycles. The van der Waals surface area contributed by atoms with E-state index in [1.807, 2.05) is 30.3 Å². The molecular weight excluding hydrogens is 424 g/mol. The molecule has 0 saturated carbocycles. The number of fused-ring (bicyclic) bond motifs is 1. The third-order valence-electron chi connectivity index (χ3n) is 5.11. The predicted octanol–water partition coefficient (Wildman–Crippen LogP) is 4.43. The zero-order valence-electron chi connectivity index (χ0n) is 17.5. The second-order valence-electron chi connectivity index (χ2n) is 7.14. The van der Waals surface area contributed by atoms with Crippen LogP contribution in [0.5, 0.6) is 5.75 Å². The average Bonchev–Trinajstić information content (AvgIpc) is 2.81. The summed E-state index contributed by atoms with van der Waals surface area (Å²) in [5.41, 5.74) is 2.68. The lowest BCUT2D eigenvalue weighted by molar-refractivity contribution is -0.112. The Morgan fingerprint density at radius 3 is 2.34 bits per heavy atom. The first-order chi connectivity index (χ1) is 15.4. The molecule has 4 rings (SSSR count). The topological polar surface area (TPSA) is 75.7 Å². The van der Waals surface area contributed by atoms with Gasteiger partial charge in [0.05, 0.1) is 5.69 Å². The van der Waals surface area contributed by atoms with Crippen molar-refractivity contribution in [2.45, 2.75) is 0 Å². The Kier molecular flexibility index (Phi) is 5.83. The van der Waals surface area contributed by atoms with Crippen molar-refractivity contribution in [1.29, 1.82) is 0 Å². The molecule has 0 radical (unpaired) electrons. The van der Waals surface area contributed by atoms with Gasteiger partial charge in [-0.15, -0.1) is 0 Å². The number of benzene rings is 3. The number of nitrogens with zero attached hydrogens (tertiary/aromatic N) is 1. The highest BCUT2D eigenvalue weighted by Crippen LogP contribution is 2.42. The Morgan fingerprint density at radius 2 is 1.66 bits per heavy atom. The van der Waals surface area contributed by atoms with Crippen LogP contribution in [-0.2, 0) is 14.8 Å². The van der Waals surface area contributed by atoms with E-state index >= 15 is 0 Å². The highest BCUT2D eigenvalue weighted by molar-refractivity contribution is 7.97. The van der Waals surface area contributed by atoms with Crippen molar-refractivity contribution in [2.75, 3.05) is 23.3 Å². The van der Waals surface area contributed by atoms with Crippen molar-refractivity contribution in [3.63, 3.8) is 0 Å². The maximum atomic E-state index is 13.4. The van der Waals surface area contributed by atoms with Crippen molar-refractivity contribution in [1.82, 2.24) is 0 Å². The third-order valence-corrected chi connectivity index (χ3v) is 6.93. The summed E-state index contributed by atoms with van der Waals surface area (Å²) in [5.74, 6) is -0.0870. The Bertz CT molecular complexity index is 1300. The Hall–Kier alpha value is -3.84. The minimum atomic E-state index is -4.09. The molecule has 0 unspecified atom stereocenters. The summed E-state index contributed by atoms with van der Waals surface area (Å²) in [7, 11) is -2.63. The number of hydrogen-bond donors (Lipinski definition) is 1. The van der Waals surface area contributed by atoms with Crippen molar-refractivity contribution in [3.05, 3.63) is 108 Å². The van der Waals surface area contributed by atoms with E-state index in [-0.39, 0.29) is 4.91 Å². The first-order valence-corrected chi connectivity index (χ1v) is 11.4. The van der Waals surface area contributed by atoms with Gasteiger partial charge in [0.15, 0.2) is 4.91 Å². The largest absolute Gasteiger partial charge is 0.490 e. The molecule has 32 heavy (non-hydrogen) atoms.